The zero-order chi connectivity index (χ0) is 27.4. The van der Waals surface area contributed by atoms with Crippen LogP contribution >= 0.6 is 0 Å². The molecular weight excluding hydrogens is 553 g/mol. The molecule has 15 heteroatoms. The summed E-state index contributed by atoms with van der Waals surface area (Å²) in [7, 11) is -17.8. The summed E-state index contributed by atoms with van der Waals surface area (Å²) < 4.78 is 45.3. The molecule has 8 nitrogen and oxygen atoms in total. The number of esters is 1. The van der Waals surface area contributed by atoms with Crippen molar-refractivity contribution in [1.29, 1.82) is 0 Å². The van der Waals surface area contributed by atoms with Crippen molar-refractivity contribution in [2.24, 2.45) is 0 Å². The number of hydrogen-bond donors (Lipinski definition) is 0. The Morgan fingerprint density at radius 1 is 0.559 bits per heavy atom. The normalized spacial score (nSPS) is 14.8. The third kappa shape index (κ3) is 16.3. The van der Waals surface area contributed by atoms with Gasteiger partial charge in [-0.15, -0.1) is 0 Å². The minimum absolute atomic E-state index is 0.152. The molecule has 0 spiro atoms. The van der Waals surface area contributed by atoms with E-state index in [4.69, 9.17) is 29.4 Å². The van der Waals surface area contributed by atoms with E-state index in [9.17, 15) is 4.79 Å². The van der Waals surface area contributed by atoms with Gasteiger partial charge in [0.15, 0.2) is 31.2 Å². The molecule has 0 aliphatic carbocycles. The lowest BCUT2D eigenvalue weighted by Gasteiger charge is -2.45. The molecule has 0 N–H and O–H groups in total. The molecule has 0 aromatic heterocycles. The Hall–Kier alpha value is 0.488. The summed E-state index contributed by atoms with van der Waals surface area (Å²) in [6, 6.07) is 0. The Morgan fingerprint density at radius 3 is 1.03 bits per heavy atom. The first-order chi connectivity index (χ1) is 14.7. The second kappa shape index (κ2) is 11.9. The molecule has 34 heavy (non-hydrogen) atoms. The highest BCUT2D eigenvalue weighted by molar-refractivity contribution is 6.92. The second-order valence-electron chi connectivity index (χ2n) is 12.6. The maximum Gasteiger partial charge on any atom is 0.514 e. The van der Waals surface area contributed by atoms with E-state index in [2.05, 4.69) is 65.5 Å². The molecule has 0 saturated heterocycles. The fourth-order valence-electron chi connectivity index (χ4n) is 3.77. The molecule has 0 aromatic rings. The van der Waals surface area contributed by atoms with Crippen LogP contribution in [0.15, 0.2) is 12.7 Å². The second-order valence-corrected chi connectivity index (χ2v) is 40.3. The fourth-order valence-corrected chi connectivity index (χ4v) is 34.7. The van der Waals surface area contributed by atoms with Crippen LogP contribution in [0.1, 0.15) is 0 Å². The van der Waals surface area contributed by atoms with Crippen LogP contribution in [0.25, 0.3) is 0 Å². The molecule has 0 aromatic carbocycles. The number of ether oxygens (including phenoxy) is 1. The monoisotopic (exact) mass is 602 g/mol. The molecule has 0 unspecified atom stereocenters. The van der Waals surface area contributed by atoms with Crippen molar-refractivity contribution in [3.05, 3.63) is 12.7 Å². The molecule has 0 radical (unpaired) electrons. The van der Waals surface area contributed by atoms with Crippen LogP contribution in [0.4, 0.5) is 0 Å². The van der Waals surface area contributed by atoms with Gasteiger partial charge in [-0.1, -0.05) is 6.58 Å². The number of rotatable bonds is 15. The minimum Gasteiger partial charge on any atom is -0.458 e. The summed E-state index contributed by atoms with van der Waals surface area (Å²) in [5.41, 5.74) is 0. The van der Waals surface area contributed by atoms with E-state index in [1.807, 2.05) is 39.3 Å². The van der Waals surface area contributed by atoms with Gasteiger partial charge in [0, 0.05) is 6.08 Å². The lowest BCUT2D eigenvalue weighted by molar-refractivity contribution is -0.137. The summed E-state index contributed by atoms with van der Waals surface area (Å²) in [4.78, 5) is 12.1. The Kier molecular flexibility index (Phi) is 12.1. The Bertz CT molecular complexity index is 620. The Morgan fingerprint density at radius 2 is 0.824 bits per heavy atom. The van der Waals surface area contributed by atoms with Gasteiger partial charge in [-0.3, -0.25) is 0 Å². The number of hydrogen-bond acceptors (Lipinski definition) is 8. The average molecular weight is 603 g/mol. The maximum absolute atomic E-state index is 12.1. The average Bonchev–Trinajstić information content (AvgIpc) is 2.42. The molecular formula is C19H50O8Si7. The zero-order valence-electron chi connectivity index (χ0n) is 24.3. The molecule has 0 heterocycles. The van der Waals surface area contributed by atoms with Crippen LogP contribution in [-0.4, -0.2) is 71.6 Å². The topological polar surface area (TPSA) is 81.7 Å². The fraction of sp³-hybridized carbons (Fsp3) is 0.842. The van der Waals surface area contributed by atoms with Crippen LogP contribution in [0.5, 0.6) is 0 Å². The first-order valence-corrected chi connectivity index (χ1v) is 32.3. The molecule has 0 aliphatic heterocycles. The van der Waals surface area contributed by atoms with E-state index in [0.717, 1.165) is 6.08 Å². The molecule has 0 atom stereocenters. The third-order valence-electron chi connectivity index (χ3n) is 3.42. The quantitative estimate of drug-likeness (QED) is 0.130. The van der Waals surface area contributed by atoms with E-state index in [0.29, 0.717) is 0 Å². The highest BCUT2D eigenvalue weighted by Crippen LogP contribution is 2.31. The predicted molar refractivity (Wildman–Crippen MR) is 156 cm³/mol. The minimum atomic E-state index is -3.69. The smallest absolute Gasteiger partial charge is 0.458 e. The summed E-state index contributed by atoms with van der Waals surface area (Å²) in [5.74, 6) is -0.561. The van der Waals surface area contributed by atoms with Gasteiger partial charge in [-0.05, 0) is 98.2 Å². The lowest BCUT2D eigenvalue weighted by atomic mass is 10.7. The molecule has 0 aliphatic rings. The van der Waals surface area contributed by atoms with Crippen LogP contribution < -0.4 is 0 Å². The molecule has 0 rings (SSSR count). The van der Waals surface area contributed by atoms with Crippen molar-refractivity contribution in [2.45, 2.75) is 98.2 Å². The predicted octanol–water partition coefficient (Wildman–Crippen LogP) is 5.90. The van der Waals surface area contributed by atoms with Crippen molar-refractivity contribution in [3.63, 3.8) is 0 Å². The molecule has 0 fully saturated rings. The molecule has 202 valence electrons. The first-order valence-electron chi connectivity index (χ1n) is 11.7. The largest absolute Gasteiger partial charge is 0.514 e. The third-order valence-corrected chi connectivity index (χ3v) is 26.8. The van der Waals surface area contributed by atoms with Crippen LogP contribution in [0.3, 0.4) is 0 Å². The van der Waals surface area contributed by atoms with Gasteiger partial charge in [0.25, 0.3) is 0 Å². The van der Waals surface area contributed by atoms with Crippen molar-refractivity contribution >= 4 is 65.4 Å². The van der Waals surface area contributed by atoms with Crippen molar-refractivity contribution in [1.82, 2.24) is 0 Å². The number of carbonyl (C=O) groups excluding carboxylic acids is 1. The summed E-state index contributed by atoms with van der Waals surface area (Å²) in [6.45, 7) is 34.5. The van der Waals surface area contributed by atoms with Gasteiger partial charge in [0.2, 0.25) is 0 Å². The Labute approximate surface area is 216 Å². The number of carbonyl (C=O) groups is 1. The van der Waals surface area contributed by atoms with Gasteiger partial charge >= 0.3 is 40.5 Å². The maximum atomic E-state index is 12.1. The molecule has 0 bridgehead atoms. The summed E-state index contributed by atoms with van der Waals surface area (Å²) >= 11 is 0. The van der Waals surface area contributed by atoms with Gasteiger partial charge in [0.05, 0.1) is 0 Å². The van der Waals surface area contributed by atoms with Gasteiger partial charge < -0.3 is 29.4 Å². The van der Waals surface area contributed by atoms with Crippen molar-refractivity contribution in [2.75, 3.05) is 6.23 Å². The standard InChI is InChI=1S/C19H50O8Si7/c1-17-19(20)21-18-34(25-31(11,12)22-28(2,3)4,26-32(13,14)23-29(5,6)7)27-33(15,16)24-30(8,9)10/h17H,1,18H2,2-16H3. The van der Waals surface area contributed by atoms with E-state index in [1.54, 1.807) is 0 Å². The van der Waals surface area contributed by atoms with Crippen molar-refractivity contribution in [3.8, 4) is 0 Å². The van der Waals surface area contributed by atoms with Crippen LogP contribution in [0.2, 0.25) is 98.2 Å². The molecule has 0 amide bonds. The van der Waals surface area contributed by atoms with Crippen molar-refractivity contribution < 1.29 is 34.2 Å². The van der Waals surface area contributed by atoms with Gasteiger partial charge in [-0.25, -0.2) is 4.79 Å². The van der Waals surface area contributed by atoms with Gasteiger partial charge in [-0.2, -0.15) is 0 Å². The van der Waals surface area contributed by atoms with Gasteiger partial charge in [0.1, 0.15) is 0 Å². The molecule has 0 saturated carbocycles. The van der Waals surface area contributed by atoms with E-state index < -0.39 is 65.4 Å². The van der Waals surface area contributed by atoms with Crippen LogP contribution in [0, 0.1) is 0 Å². The zero-order valence-corrected chi connectivity index (χ0v) is 31.3. The van der Waals surface area contributed by atoms with E-state index in [-0.39, 0.29) is 6.23 Å². The summed E-state index contributed by atoms with van der Waals surface area (Å²) in [6.07, 6.45) is 0.975. The lowest BCUT2D eigenvalue weighted by Crippen LogP contribution is -2.68. The highest BCUT2D eigenvalue weighted by Gasteiger charge is 2.57. The summed E-state index contributed by atoms with van der Waals surface area (Å²) in [5, 5.41) is 0. The highest BCUT2D eigenvalue weighted by atomic mass is 28.5. The Balaban J connectivity index is 6.57. The van der Waals surface area contributed by atoms with E-state index >= 15 is 0 Å². The first kappa shape index (κ1) is 34.5. The SMILES string of the molecule is C=CC(=O)OC[Si](O[Si](C)(C)O[Si](C)(C)C)(O[Si](C)(C)O[Si](C)(C)C)O[Si](C)(C)O[Si](C)(C)C. The van der Waals surface area contributed by atoms with Crippen LogP contribution in [-0.2, 0) is 34.2 Å². The van der Waals surface area contributed by atoms with E-state index in [1.165, 1.54) is 0 Å².